The second-order valence-electron chi connectivity index (χ2n) is 4.56. The molecule has 1 aliphatic rings. The number of sulfonamides is 1. The minimum atomic E-state index is -3.58. The SMILES string of the molecule is CCOC1CC(N)C1NS(=O)(=O)c1cc(C)c(Cl)s1. The number of ether oxygens (including phenoxy) is 1. The van der Waals surface area contributed by atoms with Gasteiger partial charge < -0.3 is 10.5 Å². The second kappa shape index (κ2) is 5.67. The van der Waals surface area contributed by atoms with Gasteiger partial charge in [0, 0.05) is 12.6 Å². The molecule has 1 fully saturated rings. The van der Waals surface area contributed by atoms with Crippen LogP contribution < -0.4 is 10.5 Å². The van der Waals surface area contributed by atoms with Crippen molar-refractivity contribution in [3.63, 3.8) is 0 Å². The molecule has 1 saturated carbocycles. The number of thiophene rings is 1. The van der Waals surface area contributed by atoms with E-state index in [9.17, 15) is 8.42 Å². The summed E-state index contributed by atoms with van der Waals surface area (Å²) < 4.78 is 33.2. The summed E-state index contributed by atoms with van der Waals surface area (Å²) in [6.45, 7) is 4.19. The Bertz CT molecular complexity index is 537. The van der Waals surface area contributed by atoms with E-state index in [1.165, 1.54) is 0 Å². The van der Waals surface area contributed by atoms with Crippen LogP contribution in [-0.2, 0) is 14.8 Å². The van der Waals surface area contributed by atoms with Gasteiger partial charge in [-0.1, -0.05) is 11.6 Å². The quantitative estimate of drug-likeness (QED) is 0.860. The lowest BCUT2D eigenvalue weighted by atomic mass is 9.84. The zero-order chi connectivity index (χ0) is 14.2. The largest absolute Gasteiger partial charge is 0.377 e. The van der Waals surface area contributed by atoms with E-state index in [1.54, 1.807) is 13.0 Å². The van der Waals surface area contributed by atoms with Gasteiger partial charge in [-0.2, -0.15) is 0 Å². The highest BCUT2D eigenvalue weighted by atomic mass is 35.5. The summed E-state index contributed by atoms with van der Waals surface area (Å²) in [4.78, 5) is 0. The lowest BCUT2D eigenvalue weighted by Gasteiger charge is -2.41. The lowest BCUT2D eigenvalue weighted by Crippen LogP contribution is -2.64. The van der Waals surface area contributed by atoms with Crippen LogP contribution >= 0.6 is 22.9 Å². The highest BCUT2D eigenvalue weighted by Crippen LogP contribution is 2.31. The minimum Gasteiger partial charge on any atom is -0.377 e. The summed E-state index contributed by atoms with van der Waals surface area (Å²) in [5.41, 5.74) is 6.59. The molecule has 1 heterocycles. The average molecular weight is 325 g/mol. The molecule has 0 spiro atoms. The third-order valence-corrected chi connectivity index (χ3v) is 6.63. The summed E-state index contributed by atoms with van der Waals surface area (Å²) in [6, 6.07) is 0.990. The fourth-order valence-corrected chi connectivity index (χ4v) is 5.03. The standard InChI is InChI=1S/C11H17ClN2O3S2/c1-3-17-8-5-7(13)10(8)14-19(15,16)9-4-6(2)11(12)18-9/h4,7-8,10,14H,3,5,13H2,1-2H3. The number of aryl methyl sites for hydroxylation is 1. The van der Waals surface area contributed by atoms with Crippen LogP contribution in [0.4, 0.5) is 0 Å². The topological polar surface area (TPSA) is 81.4 Å². The highest BCUT2D eigenvalue weighted by Gasteiger charge is 2.42. The van der Waals surface area contributed by atoms with Crippen molar-refractivity contribution in [1.82, 2.24) is 4.72 Å². The van der Waals surface area contributed by atoms with E-state index in [2.05, 4.69) is 4.72 Å². The molecule has 1 aliphatic carbocycles. The summed E-state index contributed by atoms with van der Waals surface area (Å²) in [7, 11) is -3.58. The van der Waals surface area contributed by atoms with Gasteiger partial charge in [0.1, 0.15) is 4.21 Å². The fourth-order valence-electron chi connectivity index (χ4n) is 1.99. The van der Waals surface area contributed by atoms with E-state index in [0.29, 0.717) is 17.4 Å². The number of nitrogens with two attached hydrogens (primary N) is 1. The molecule has 3 N–H and O–H groups in total. The maximum absolute atomic E-state index is 12.2. The number of nitrogens with one attached hydrogen (secondary N) is 1. The van der Waals surface area contributed by atoms with Gasteiger partial charge in [0.2, 0.25) is 0 Å². The first-order valence-electron chi connectivity index (χ1n) is 6.00. The van der Waals surface area contributed by atoms with Crippen molar-refractivity contribution < 1.29 is 13.2 Å². The molecule has 5 nitrogen and oxygen atoms in total. The van der Waals surface area contributed by atoms with Crippen molar-refractivity contribution in [3.8, 4) is 0 Å². The van der Waals surface area contributed by atoms with Gasteiger partial charge in [-0.3, -0.25) is 0 Å². The Morgan fingerprint density at radius 1 is 1.63 bits per heavy atom. The van der Waals surface area contributed by atoms with Crippen molar-refractivity contribution in [1.29, 1.82) is 0 Å². The number of hydrogen-bond acceptors (Lipinski definition) is 5. The van der Waals surface area contributed by atoms with Gasteiger partial charge in [0.25, 0.3) is 10.0 Å². The van der Waals surface area contributed by atoms with Gasteiger partial charge in [-0.25, -0.2) is 13.1 Å². The smallest absolute Gasteiger partial charge is 0.250 e. The minimum absolute atomic E-state index is 0.147. The molecule has 0 bridgehead atoms. The predicted molar refractivity (Wildman–Crippen MR) is 76.2 cm³/mol. The second-order valence-corrected chi connectivity index (χ2v) is 8.16. The molecule has 0 amide bonds. The molecule has 0 aliphatic heterocycles. The third-order valence-electron chi connectivity index (χ3n) is 3.14. The van der Waals surface area contributed by atoms with Gasteiger partial charge in [0.15, 0.2) is 0 Å². The van der Waals surface area contributed by atoms with E-state index in [0.717, 1.165) is 16.9 Å². The number of rotatable bonds is 5. The normalized spacial score (nSPS) is 27.3. The Hall–Kier alpha value is -0.180. The molecular formula is C11H17ClN2O3S2. The van der Waals surface area contributed by atoms with Crippen LogP contribution in [0.25, 0.3) is 0 Å². The van der Waals surface area contributed by atoms with Crippen LogP contribution in [0, 0.1) is 6.92 Å². The van der Waals surface area contributed by atoms with Crippen LogP contribution in [0.3, 0.4) is 0 Å². The molecule has 8 heteroatoms. The summed E-state index contributed by atoms with van der Waals surface area (Å²) >= 11 is 6.95. The molecule has 3 atom stereocenters. The molecular weight excluding hydrogens is 308 g/mol. The Kier molecular flexibility index (Phi) is 4.54. The van der Waals surface area contributed by atoms with E-state index >= 15 is 0 Å². The first-order valence-corrected chi connectivity index (χ1v) is 8.68. The third kappa shape index (κ3) is 3.12. The zero-order valence-electron chi connectivity index (χ0n) is 10.7. The Balaban J connectivity index is 2.13. The molecule has 1 aromatic rings. The Morgan fingerprint density at radius 2 is 2.32 bits per heavy atom. The molecule has 0 radical (unpaired) electrons. The highest BCUT2D eigenvalue weighted by molar-refractivity contribution is 7.91. The van der Waals surface area contributed by atoms with Crippen molar-refractivity contribution in [2.45, 2.75) is 42.7 Å². The Labute approximate surface area is 122 Å². The van der Waals surface area contributed by atoms with Crippen molar-refractivity contribution in [2.24, 2.45) is 5.73 Å². The number of halogens is 1. The first-order chi connectivity index (χ1) is 8.85. The van der Waals surface area contributed by atoms with Crippen molar-refractivity contribution in [3.05, 3.63) is 16.0 Å². The number of hydrogen-bond donors (Lipinski definition) is 2. The monoisotopic (exact) mass is 324 g/mol. The molecule has 0 aromatic carbocycles. The van der Waals surface area contributed by atoms with Crippen molar-refractivity contribution >= 4 is 33.0 Å². The molecule has 108 valence electrons. The molecule has 3 unspecified atom stereocenters. The molecule has 19 heavy (non-hydrogen) atoms. The maximum atomic E-state index is 12.2. The van der Waals surface area contributed by atoms with Gasteiger partial charge in [0.05, 0.1) is 16.5 Å². The van der Waals surface area contributed by atoms with E-state index in [4.69, 9.17) is 22.1 Å². The first kappa shape index (κ1) is 15.2. The summed E-state index contributed by atoms with van der Waals surface area (Å²) in [5, 5.41) is 0. The zero-order valence-corrected chi connectivity index (χ0v) is 13.1. The Morgan fingerprint density at radius 3 is 2.79 bits per heavy atom. The van der Waals surface area contributed by atoms with Crippen LogP contribution in [0.5, 0.6) is 0 Å². The fraction of sp³-hybridized carbons (Fsp3) is 0.636. The van der Waals surface area contributed by atoms with Crippen LogP contribution in [-0.4, -0.2) is 33.2 Å². The van der Waals surface area contributed by atoms with Crippen molar-refractivity contribution in [2.75, 3.05) is 6.61 Å². The molecule has 1 aromatic heterocycles. The van der Waals surface area contributed by atoms with Gasteiger partial charge in [-0.15, -0.1) is 11.3 Å². The molecule has 2 rings (SSSR count). The van der Waals surface area contributed by atoms with Crippen LogP contribution in [0.15, 0.2) is 10.3 Å². The lowest BCUT2D eigenvalue weighted by molar-refractivity contribution is -0.0248. The van der Waals surface area contributed by atoms with Gasteiger partial charge >= 0.3 is 0 Å². The van der Waals surface area contributed by atoms with Crippen LogP contribution in [0.1, 0.15) is 18.9 Å². The van der Waals surface area contributed by atoms with Gasteiger partial charge in [-0.05, 0) is 31.9 Å². The predicted octanol–water partition coefficient (Wildman–Crippen LogP) is 1.49. The van der Waals surface area contributed by atoms with E-state index < -0.39 is 10.0 Å². The molecule has 0 saturated heterocycles. The maximum Gasteiger partial charge on any atom is 0.250 e. The summed E-state index contributed by atoms with van der Waals surface area (Å²) in [5.74, 6) is 0. The van der Waals surface area contributed by atoms with E-state index in [-0.39, 0.29) is 22.4 Å². The summed E-state index contributed by atoms with van der Waals surface area (Å²) in [6.07, 6.45) is 0.525. The van der Waals surface area contributed by atoms with Crippen LogP contribution in [0.2, 0.25) is 4.34 Å². The average Bonchev–Trinajstić information content (AvgIpc) is 2.68. The van der Waals surface area contributed by atoms with E-state index in [1.807, 2.05) is 6.92 Å².